The first-order valence-corrected chi connectivity index (χ1v) is 13.3. The Hall–Kier alpha value is -2.38. The fourth-order valence-corrected chi connectivity index (χ4v) is 9.97. The van der Waals surface area contributed by atoms with E-state index >= 15 is 0 Å². The van der Waals surface area contributed by atoms with E-state index < -0.39 is 37.2 Å². The number of fused-ring (bicyclic) bond motifs is 4. The van der Waals surface area contributed by atoms with Crippen LogP contribution < -0.4 is 0 Å². The highest BCUT2D eigenvalue weighted by molar-refractivity contribution is 7.95. The van der Waals surface area contributed by atoms with Gasteiger partial charge >= 0.3 is 0 Å². The molecular weight excluding hydrogens is 432 g/mol. The van der Waals surface area contributed by atoms with Crippen LogP contribution in [0.5, 0.6) is 0 Å². The third kappa shape index (κ3) is 2.79. The number of Topliss-reactive ketones (excluding diaryl/α,β-unsaturated/α-hetero) is 2. The van der Waals surface area contributed by atoms with Crippen LogP contribution in [0.4, 0.5) is 0 Å². The molecule has 0 spiro atoms. The monoisotopic (exact) mass is 454 g/mol. The van der Waals surface area contributed by atoms with Gasteiger partial charge in [-0.25, -0.2) is 8.42 Å². The number of carbonyl (C=O) groups excluding carboxylic acids is 2. The van der Waals surface area contributed by atoms with Crippen molar-refractivity contribution in [2.45, 2.75) is 30.3 Å². The van der Waals surface area contributed by atoms with E-state index in [1.807, 2.05) is 30.3 Å². The molecule has 0 saturated carbocycles. The highest BCUT2D eigenvalue weighted by atomic mass is 32.2. The summed E-state index contributed by atoms with van der Waals surface area (Å²) in [4.78, 5) is 27.9. The topological polar surface area (TPSA) is 85.3 Å². The van der Waals surface area contributed by atoms with Crippen LogP contribution >= 0.6 is 0 Å². The maximum atomic E-state index is 14.1. The van der Waals surface area contributed by atoms with E-state index in [9.17, 15) is 22.2 Å². The minimum atomic E-state index is -3.53. The molecule has 2 aliphatic carbocycles. The molecule has 160 valence electrons. The maximum Gasteiger partial charge on any atom is 0.183 e. The quantitative estimate of drug-likeness (QED) is 0.709. The second-order valence-corrected chi connectivity index (χ2v) is 12.3. The first kappa shape index (κ1) is 20.5. The van der Waals surface area contributed by atoms with Crippen molar-refractivity contribution in [3.8, 4) is 0 Å². The predicted octanol–water partition coefficient (Wildman–Crippen LogP) is 3.48. The molecule has 7 heteroatoms. The van der Waals surface area contributed by atoms with Crippen molar-refractivity contribution in [3.05, 3.63) is 81.8 Å². The Labute approximate surface area is 183 Å². The average Bonchev–Trinajstić information content (AvgIpc) is 3.09. The summed E-state index contributed by atoms with van der Waals surface area (Å²) < 4.78 is 38.3. The van der Waals surface area contributed by atoms with Gasteiger partial charge in [0.1, 0.15) is 4.75 Å². The summed E-state index contributed by atoms with van der Waals surface area (Å²) in [6.45, 7) is 1.73. The molecule has 1 fully saturated rings. The molecule has 2 aromatic carbocycles. The lowest BCUT2D eigenvalue weighted by atomic mass is 9.62. The number of sulfone groups is 1. The Bertz CT molecular complexity index is 1280. The number of hydrogen-bond acceptors (Lipinski definition) is 5. The van der Waals surface area contributed by atoms with E-state index in [1.165, 1.54) is 0 Å². The van der Waals surface area contributed by atoms with Crippen LogP contribution in [0.25, 0.3) is 0 Å². The van der Waals surface area contributed by atoms with Crippen molar-refractivity contribution < 1.29 is 22.2 Å². The largest absolute Gasteiger partial charge is 0.294 e. The number of rotatable bonds is 3. The van der Waals surface area contributed by atoms with Gasteiger partial charge in [-0.3, -0.25) is 13.8 Å². The molecule has 0 aromatic heterocycles. The average molecular weight is 455 g/mol. The first-order chi connectivity index (χ1) is 14.8. The Kier molecular flexibility index (Phi) is 4.68. The molecule has 0 unspecified atom stereocenters. The first-order valence-electron chi connectivity index (χ1n) is 10.3. The number of ketones is 2. The smallest absolute Gasteiger partial charge is 0.183 e. The van der Waals surface area contributed by atoms with Crippen molar-refractivity contribution in [3.63, 3.8) is 0 Å². The zero-order valence-corrected chi connectivity index (χ0v) is 18.7. The molecule has 2 aromatic rings. The van der Waals surface area contributed by atoms with Crippen molar-refractivity contribution in [2.24, 2.45) is 11.8 Å². The second-order valence-electron chi connectivity index (χ2n) is 8.57. The molecular formula is C24H22O5S2. The molecule has 0 radical (unpaired) electrons. The van der Waals surface area contributed by atoms with Gasteiger partial charge in [-0.05, 0) is 25.3 Å². The lowest BCUT2D eigenvalue weighted by Crippen LogP contribution is -2.62. The normalized spacial score (nSPS) is 29.8. The molecule has 1 heterocycles. The van der Waals surface area contributed by atoms with Gasteiger partial charge in [0, 0.05) is 38.5 Å². The molecule has 1 saturated heterocycles. The minimum absolute atomic E-state index is 0.0789. The number of hydrogen-bond donors (Lipinski definition) is 0. The lowest BCUT2D eigenvalue weighted by molar-refractivity contribution is 0.0713. The molecule has 0 amide bonds. The molecule has 5 nitrogen and oxygen atoms in total. The molecule has 0 N–H and O–H groups in total. The number of allylic oxidation sites excluding steroid dienone is 2. The van der Waals surface area contributed by atoms with E-state index in [1.54, 1.807) is 31.2 Å². The van der Waals surface area contributed by atoms with Gasteiger partial charge in [-0.15, -0.1) is 0 Å². The van der Waals surface area contributed by atoms with Crippen LogP contribution in [0.2, 0.25) is 0 Å². The summed E-state index contributed by atoms with van der Waals surface area (Å²) in [6, 6.07) is 15.8. The Morgan fingerprint density at radius 3 is 2.32 bits per heavy atom. The molecule has 1 aliphatic heterocycles. The molecule has 0 bridgehead atoms. The maximum absolute atomic E-state index is 14.1. The second kappa shape index (κ2) is 7.07. The Morgan fingerprint density at radius 2 is 1.61 bits per heavy atom. The van der Waals surface area contributed by atoms with Gasteiger partial charge in [0.05, 0.1) is 11.7 Å². The van der Waals surface area contributed by atoms with Gasteiger partial charge in [-0.2, -0.15) is 0 Å². The molecule has 3 aliphatic rings. The van der Waals surface area contributed by atoms with Crippen molar-refractivity contribution in [1.82, 2.24) is 0 Å². The van der Waals surface area contributed by atoms with Crippen LogP contribution in [0, 0.1) is 11.8 Å². The zero-order chi connectivity index (χ0) is 22.0. The summed E-state index contributed by atoms with van der Waals surface area (Å²) in [5.41, 5.74) is 2.03. The standard InChI is InChI=1S/C24H22O5S2/c1-15-13-20-21(25)17-9-5-6-10-18(17)23(26)24(20,19-11-12-31(28,29)22(15)19)30(27)14-16-7-3-2-4-8-16/h2-10,19-20H,11-14H2,1H3/t19-,20-,24-,30-/m0/s1. The van der Waals surface area contributed by atoms with Crippen molar-refractivity contribution in [2.75, 3.05) is 5.75 Å². The number of carbonyl (C=O) groups is 2. The molecule has 4 atom stereocenters. The van der Waals surface area contributed by atoms with E-state index in [2.05, 4.69) is 0 Å². The fourth-order valence-electron chi connectivity index (χ4n) is 5.67. The summed E-state index contributed by atoms with van der Waals surface area (Å²) in [7, 11) is -5.31. The predicted molar refractivity (Wildman–Crippen MR) is 119 cm³/mol. The van der Waals surface area contributed by atoms with Gasteiger partial charge in [-0.1, -0.05) is 60.2 Å². The van der Waals surface area contributed by atoms with Gasteiger partial charge in [0.25, 0.3) is 0 Å². The minimum Gasteiger partial charge on any atom is -0.294 e. The summed E-state index contributed by atoms with van der Waals surface area (Å²) in [5, 5.41) is 0. The zero-order valence-electron chi connectivity index (χ0n) is 17.0. The number of benzene rings is 2. The third-order valence-electron chi connectivity index (χ3n) is 6.92. The van der Waals surface area contributed by atoms with E-state index in [0.29, 0.717) is 11.1 Å². The van der Waals surface area contributed by atoms with E-state index in [0.717, 1.165) is 5.56 Å². The van der Waals surface area contributed by atoms with Crippen LogP contribution in [0.3, 0.4) is 0 Å². The summed E-state index contributed by atoms with van der Waals surface area (Å²) in [5.74, 6) is -2.09. The van der Waals surface area contributed by atoms with Crippen LogP contribution in [-0.2, 0) is 26.4 Å². The fraction of sp³-hybridized carbons (Fsp3) is 0.333. The SMILES string of the molecule is CC1=C2[C@H](CCS2(=O)=O)[C@@]2([S@@](=O)Cc3ccccc3)C(=O)c3ccccc3C(=O)[C@@H]2C1. The van der Waals surface area contributed by atoms with E-state index in [-0.39, 0.29) is 46.4 Å². The Morgan fingerprint density at radius 1 is 0.968 bits per heavy atom. The summed E-state index contributed by atoms with van der Waals surface area (Å²) in [6.07, 6.45) is 0.359. The molecule has 31 heavy (non-hydrogen) atoms. The van der Waals surface area contributed by atoms with Crippen molar-refractivity contribution >= 4 is 32.2 Å². The lowest BCUT2D eigenvalue weighted by Gasteiger charge is -2.48. The third-order valence-corrected chi connectivity index (χ3v) is 11.1. The van der Waals surface area contributed by atoms with Gasteiger partial charge < -0.3 is 0 Å². The van der Waals surface area contributed by atoms with Gasteiger partial charge in [0.15, 0.2) is 21.4 Å². The highest BCUT2D eigenvalue weighted by Crippen LogP contribution is 2.56. The van der Waals surface area contributed by atoms with Crippen LogP contribution in [-0.4, -0.2) is 34.7 Å². The highest BCUT2D eigenvalue weighted by Gasteiger charge is 2.66. The summed E-state index contributed by atoms with van der Waals surface area (Å²) >= 11 is 0. The van der Waals surface area contributed by atoms with Crippen molar-refractivity contribution in [1.29, 1.82) is 0 Å². The van der Waals surface area contributed by atoms with Gasteiger partial charge in [0.2, 0.25) is 0 Å². The van der Waals surface area contributed by atoms with Crippen LogP contribution in [0.15, 0.2) is 65.1 Å². The molecule has 5 rings (SSSR count). The Balaban J connectivity index is 1.76. The van der Waals surface area contributed by atoms with Crippen LogP contribution in [0.1, 0.15) is 46.0 Å². The van der Waals surface area contributed by atoms with E-state index in [4.69, 9.17) is 0 Å².